The summed E-state index contributed by atoms with van der Waals surface area (Å²) in [6.07, 6.45) is 2.48. The number of benzene rings is 1. The number of nitrogens with zero attached hydrogens (tertiary/aromatic N) is 2. The van der Waals surface area contributed by atoms with Crippen molar-refractivity contribution in [2.75, 3.05) is 11.9 Å². The van der Waals surface area contributed by atoms with Crippen LogP contribution < -0.4 is 10.1 Å². The monoisotopic (exact) mass is 285 g/mol. The van der Waals surface area contributed by atoms with Gasteiger partial charge in [-0.2, -0.15) is 5.26 Å². The Labute approximate surface area is 122 Å². The summed E-state index contributed by atoms with van der Waals surface area (Å²) in [7, 11) is 0. The maximum absolute atomic E-state index is 8.93. The first kappa shape index (κ1) is 12.8. The SMILES string of the molecule is N#Cc1ccnc(NCC2Cc3ccccc3O2)c1Cl. The van der Waals surface area contributed by atoms with Crippen molar-refractivity contribution in [2.45, 2.75) is 12.5 Å². The lowest BCUT2D eigenvalue weighted by Crippen LogP contribution is -2.24. The summed E-state index contributed by atoms with van der Waals surface area (Å²) >= 11 is 6.10. The van der Waals surface area contributed by atoms with Crippen molar-refractivity contribution in [3.8, 4) is 11.8 Å². The molecule has 0 spiro atoms. The van der Waals surface area contributed by atoms with E-state index in [4.69, 9.17) is 21.6 Å². The van der Waals surface area contributed by atoms with E-state index in [9.17, 15) is 0 Å². The van der Waals surface area contributed by atoms with E-state index in [1.165, 1.54) is 5.56 Å². The van der Waals surface area contributed by atoms with Gasteiger partial charge in [-0.05, 0) is 17.7 Å². The van der Waals surface area contributed by atoms with Crippen LogP contribution in [0.1, 0.15) is 11.1 Å². The molecule has 100 valence electrons. The number of halogens is 1. The number of hydrogen-bond acceptors (Lipinski definition) is 4. The van der Waals surface area contributed by atoms with Crippen LogP contribution in [0.3, 0.4) is 0 Å². The molecule has 1 aliphatic rings. The maximum Gasteiger partial charge on any atom is 0.146 e. The minimum absolute atomic E-state index is 0.0519. The molecule has 3 rings (SSSR count). The second-order valence-electron chi connectivity index (χ2n) is 4.57. The first-order valence-electron chi connectivity index (χ1n) is 6.31. The van der Waals surface area contributed by atoms with Gasteiger partial charge in [0.15, 0.2) is 0 Å². The number of hydrogen-bond donors (Lipinski definition) is 1. The summed E-state index contributed by atoms with van der Waals surface area (Å²) in [6.45, 7) is 0.594. The lowest BCUT2D eigenvalue weighted by atomic mass is 10.1. The molecule has 0 bridgehead atoms. The Morgan fingerprint density at radius 3 is 3.05 bits per heavy atom. The lowest BCUT2D eigenvalue weighted by Gasteiger charge is -2.13. The third-order valence-electron chi connectivity index (χ3n) is 3.22. The number of fused-ring (bicyclic) bond motifs is 1. The molecular formula is C15H12ClN3O. The lowest BCUT2D eigenvalue weighted by molar-refractivity contribution is 0.246. The zero-order chi connectivity index (χ0) is 13.9. The molecule has 0 radical (unpaired) electrons. The summed E-state index contributed by atoms with van der Waals surface area (Å²) < 4.78 is 5.83. The van der Waals surface area contributed by atoms with Gasteiger partial charge in [-0.25, -0.2) is 4.98 Å². The minimum Gasteiger partial charge on any atom is -0.488 e. The van der Waals surface area contributed by atoms with E-state index >= 15 is 0 Å². The summed E-state index contributed by atoms with van der Waals surface area (Å²) in [4.78, 5) is 4.15. The smallest absolute Gasteiger partial charge is 0.146 e. The highest BCUT2D eigenvalue weighted by Gasteiger charge is 2.22. The molecule has 0 fully saturated rings. The molecule has 1 unspecified atom stereocenters. The zero-order valence-corrected chi connectivity index (χ0v) is 11.4. The van der Waals surface area contributed by atoms with Gasteiger partial charge in [0.25, 0.3) is 0 Å². The van der Waals surface area contributed by atoms with E-state index in [2.05, 4.69) is 16.4 Å². The molecule has 1 aliphatic heterocycles. The molecule has 2 heterocycles. The number of nitrogens with one attached hydrogen (secondary N) is 1. The van der Waals surface area contributed by atoms with Crippen LogP contribution in [0.25, 0.3) is 0 Å². The van der Waals surface area contributed by atoms with Gasteiger partial charge in [0.05, 0.1) is 12.1 Å². The highest BCUT2D eigenvalue weighted by atomic mass is 35.5. The third-order valence-corrected chi connectivity index (χ3v) is 3.60. The quantitative estimate of drug-likeness (QED) is 0.942. The van der Waals surface area contributed by atoms with Crippen LogP contribution in [-0.4, -0.2) is 17.6 Å². The van der Waals surface area contributed by atoms with Crippen LogP contribution >= 0.6 is 11.6 Å². The molecule has 0 saturated heterocycles. The second-order valence-corrected chi connectivity index (χ2v) is 4.94. The van der Waals surface area contributed by atoms with E-state index in [0.717, 1.165) is 12.2 Å². The topological polar surface area (TPSA) is 57.9 Å². The highest BCUT2D eigenvalue weighted by Crippen LogP contribution is 2.29. The molecule has 0 saturated carbocycles. The van der Waals surface area contributed by atoms with Gasteiger partial charge < -0.3 is 10.1 Å². The molecule has 0 aliphatic carbocycles. The van der Waals surface area contributed by atoms with Crippen molar-refractivity contribution < 1.29 is 4.74 Å². The van der Waals surface area contributed by atoms with Crippen molar-refractivity contribution in [1.29, 1.82) is 5.26 Å². The van der Waals surface area contributed by atoms with Crippen molar-refractivity contribution >= 4 is 17.4 Å². The van der Waals surface area contributed by atoms with E-state index < -0.39 is 0 Å². The molecule has 1 N–H and O–H groups in total. The van der Waals surface area contributed by atoms with Crippen molar-refractivity contribution in [3.63, 3.8) is 0 Å². The molecule has 1 aromatic heterocycles. The number of ether oxygens (including phenoxy) is 1. The van der Waals surface area contributed by atoms with Crippen molar-refractivity contribution in [1.82, 2.24) is 4.98 Å². The first-order chi connectivity index (χ1) is 9.78. The van der Waals surface area contributed by atoms with Crippen LogP contribution in [0, 0.1) is 11.3 Å². The highest BCUT2D eigenvalue weighted by molar-refractivity contribution is 6.34. The van der Waals surface area contributed by atoms with Crippen molar-refractivity contribution in [2.24, 2.45) is 0 Å². The van der Waals surface area contributed by atoms with E-state index in [0.29, 0.717) is 22.9 Å². The van der Waals surface area contributed by atoms with Gasteiger partial charge in [0.2, 0.25) is 0 Å². The molecular weight excluding hydrogens is 274 g/mol. The number of pyridine rings is 1. The fourth-order valence-electron chi connectivity index (χ4n) is 2.23. The second kappa shape index (κ2) is 5.40. The van der Waals surface area contributed by atoms with Gasteiger partial charge in [0, 0.05) is 12.6 Å². The predicted molar refractivity (Wildman–Crippen MR) is 77.0 cm³/mol. The van der Waals surface area contributed by atoms with Crippen LogP contribution in [-0.2, 0) is 6.42 Å². The molecule has 0 amide bonds. The van der Waals surface area contributed by atoms with Gasteiger partial charge in [-0.15, -0.1) is 0 Å². The van der Waals surface area contributed by atoms with Gasteiger partial charge in [-0.1, -0.05) is 29.8 Å². The average Bonchev–Trinajstić information content (AvgIpc) is 2.89. The Morgan fingerprint density at radius 2 is 2.25 bits per heavy atom. The largest absolute Gasteiger partial charge is 0.488 e. The standard InChI is InChI=1S/C15H12ClN3O/c16-14-11(8-17)5-6-18-15(14)19-9-12-7-10-3-1-2-4-13(10)20-12/h1-6,12H,7,9H2,(H,18,19). The first-order valence-corrected chi connectivity index (χ1v) is 6.69. The fourth-order valence-corrected chi connectivity index (χ4v) is 2.45. The fraction of sp³-hybridized carbons (Fsp3) is 0.200. The normalized spacial score (nSPS) is 16.1. The number of rotatable bonds is 3. The Bertz CT molecular complexity index is 656. The molecule has 20 heavy (non-hydrogen) atoms. The molecule has 4 nitrogen and oxygen atoms in total. The summed E-state index contributed by atoms with van der Waals surface area (Å²) in [5, 5.41) is 12.4. The number of aromatic nitrogens is 1. The van der Waals surface area contributed by atoms with E-state index in [1.807, 2.05) is 24.3 Å². The average molecular weight is 286 g/mol. The molecule has 2 aromatic rings. The van der Waals surface area contributed by atoms with Crippen LogP contribution in [0.5, 0.6) is 5.75 Å². The predicted octanol–water partition coefficient (Wildman–Crippen LogP) is 3.02. The Morgan fingerprint density at radius 1 is 1.40 bits per heavy atom. The zero-order valence-electron chi connectivity index (χ0n) is 10.6. The van der Waals surface area contributed by atoms with Gasteiger partial charge in [-0.3, -0.25) is 0 Å². The summed E-state index contributed by atoms with van der Waals surface area (Å²) in [5.41, 5.74) is 1.63. The molecule has 1 atom stereocenters. The van der Waals surface area contributed by atoms with Gasteiger partial charge in [0.1, 0.15) is 28.8 Å². The maximum atomic E-state index is 8.93. The summed E-state index contributed by atoms with van der Waals surface area (Å²) in [6, 6.07) is 11.6. The Kier molecular flexibility index (Phi) is 3.44. The van der Waals surface area contributed by atoms with Crippen LogP contribution in [0.15, 0.2) is 36.5 Å². The number of para-hydroxylation sites is 1. The third kappa shape index (κ3) is 2.40. The Balaban J connectivity index is 1.66. The number of nitriles is 1. The van der Waals surface area contributed by atoms with E-state index in [1.54, 1.807) is 12.3 Å². The Hall–Kier alpha value is -2.25. The van der Waals surface area contributed by atoms with E-state index in [-0.39, 0.29) is 6.10 Å². The summed E-state index contributed by atoms with van der Waals surface area (Å²) in [5.74, 6) is 1.45. The molecule has 5 heteroatoms. The minimum atomic E-state index is 0.0519. The molecule has 1 aromatic carbocycles. The van der Waals surface area contributed by atoms with Crippen LogP contribution in [0.2, 0.25) is 5.02 Å². The van der Waals surface area contributed by atoms with Crippen LogP contribution in [0.4, 0.5) is 5.82 Å². The van der Waals surface area contributed by atoms with Gasteiger partial charge >= 0.3 is 0 Å². The number of anilines is 1. The van der Waals surface area contributed by atoms with Crippen molar-refractivity contribution in [3.05, 3.63) is 52.7 Å².